The number of hydrogen-bond acceptors (Lipinski definition) is 4. The number of hydrogen-bond donors (Lipinski definition) is 2. The number of aryl methyl sites for hydroxylation is 1. The van der Waals surface area contributed by atoms with Crippen molar-refractivity contribution in [1.82, 2.24) is 9.62 Å². The zero-order chi connectivity index (χ0) is 22.5. The summed E-state index contributed by atoms with van der Waals surface area (Å²) in [7, 11) is -2.71. The summed E-state index contributed by atoms with van der Waals surface area (Å²) in [5.41, 5.74) is 0.650. The first-order chi connectivity index (χ1) is 13.9. The molecule has 0 aliphatic rings. The summed E-state index contributed by atoms with van der Waals surface area (Å²) in [6.07, 6.45) is -4.58. The zero-order valence-electron chi connectivity index (χ0n) is 16.2. The average Bonchev–Trinajstić information content (AvgIpc) is 2.66. The van der Waals surface area contributed by atoms with Crippen LogP contribution in [0.3, 0.4) is 0 Å². The lowest BCUT2D eigenvalue weighted by atomic mass is 10.1. The van der Waals surface area contributed by atoms with E-state index < -0.39 is 41.1 Å². The lowest BCUT2D eigenvalue weighted by molar-refractivity contribution is -0.123. The number of anilines is 1. The maximum absolute atomic E-state index is 12.6. The van der Waals surface area contributed by atoms with Gasteiger partial charge in [-0.1, -0.05) is 29.8 Å². The molecule has 2 rings (SSSR count). The van der Waals surface area contributed by atoms with E-state index in [2.05, 4.69) is 5.32 Å². The maximum Gasteiger partial charge on any atom is 0.405 e. The van der Waals surface area contributed by atoms with Crippen molar-refractivity contribution < 1.29 is 31.2 Å². The van der Waals surface area contributed by atoms with Gasteiger partial charge in [0.05, 0.1) is 22.7 Å². The Bertz CT molecular complexity index is 1020. The van der Waals surface area contributed by atoms with E-state index in [0.29, 0.717) is 0 Å². The highest BCUT2D eigenvalue weighted by Crippen LogP contribution is 2.18. The van der Waals surface area contributed by atoms with E-state index in [1.54, 1.807) is 24.4 Å². The van der Waals surface area contributed by atoms with Crippen LogP contribution in [0.2, 0.25) is 0 Å². The zero-order valence-corrected chi connectivity index (χ0v) is 17.0. The molecule has 0 heterocycles. The van der Waals surface area contributed by atoms with Gasteiger partial charge in [0, 0.05) is 7.05 Å². The first kappa shape index (κ1) is 23.4. The quantitative estimate of drug-likeness (QED) is 0.688. The van der Waals surface area contributed by atoms with E-state index in [-0.39, 0.29) is 16.1 Å². The topological polar surface area (TPSA) is 95.6 Å². The van der Waals surface area contributed by atoms with Crippen LogP contribution in [0.5, 0.6) is 0 Å². The van der Waals surface area contributed by atoms with Crippen molar-refractivity contribution in [3.05, 3.63) is 59.7 Å². The molecule has 0 fully saturated rings. The molecule has 2 amide bonds. The van der Waals surface area contributed by atoms with Gasteiger partial charge >= 0.3 is 6.18 Å². The molecule has 30 heavy (non-hydrogen) atoms. The number of halogens is 3. The van der Waals surface area contributed by atoms with Gasteiger partial charge in [0.1, 0.15) is 6.54 Å². The Hall–Kier alpha value is -2.92. The molecule has 7 nitrogen and oxygen atoms in total. The molecule has 0 aromatic heterocycles. The van der Waals surface area contributed by atoms with Gasteiger partial charge in [-0.05, 0) is 31.2 Å². The average molecular weight is 443 g/mol. The fourth-order valence-electron chi connectivity index (χ4n) is 2.43. The number of amides is 2. The molecule has 2 N–H and O–H groups in total. The van der Waals surface area contributed by atoms with Gasteiger partial charge < -0.3 is 10.6 Å². The van der Waals surface area contributed by atoms with E-state index >= 15 is 0 Å². The second kappa shape index (κ2) is 9.26. The smallest absolute Gasteiger partial charge is 0.343 e. The van der Waals surface area contributed by atoms with Gasteiger partial charge in [0.2, 0.25) is 15.9 Å². The lowest BCUT2D eigenvalue weighted by Gasteiger charge is -2.18. The summed E-state index contributed by atoms with van der Waals surface area (Å²) < 4.78 is 62.9. The van der Waals surface area contributed by atoms with Gasteiger partial charge in [-0.3, -0.25) is 9.59 Å². The number of carbonyl (C=O) groups excluding carboxylic acids is 2. The molecular weight excluding hydrogens is 423 g/mol. The highest BCUT2D eigenvalue weighted by atomic mass is 32.2. The molecule has 0 aliphatic carbocycles. The summed E-state index contributed by atoms with van der Waals surface area (Å²) in [4.78, 5) is 24.3. The van der Waals surface area contributed by atoms with Crippen LogP contribution in [0.15, 0.2) is 53.4 Å². The van der Waals surface area contributed by atoms with E-state index in [1.807, 2.05) is 0 Å². The summed E-state index contributed by atoms with van der Waals surface area (Å²) in [6, 6.07) is 11.5. The molecule has 0 radical (unpaired) electrons. The van der Waals surface area contributed by atoms with Crippen LogP contribution < -0.4 is 10.6 Å². The number of carbonyl (C=O) groups is 2. The molecule has 0 unspecified atom stereocenters. The minimum Gasteiger partial charge on any atom is -0.343 e. The standard InChI is InChI=1S/C19H20F3N3O4S/c1-13-7-9-14(10-8-13)30(28,29)25(2)11-17(26)24-16-6-4-3-5-15(16)18(27)23-12-19(20,21)22/h3-10H,11-12H2,1-2H3,(H,23,27)(H,24,26). The molecule has 11 heteroatoms. The molecule has 0 saturated heterocycles. The van der Waals surface area contributed by atoms with Gasteiger partial charge in [-0.25, -0.2) is 8.42 Å². The number of benzene rings is 2. The Kier molecular flexibility index (Phi) is 7.21. The minimum atomic E-state index is -4.58. The number of para-hydroxylation sites is 1. The predicted molar refractivity (Wildman–Crippen MR) is 104 cm³/mol. The van der Waals surface area contributed by atoms with Crippen molar-refractivity contribution >= 4 is 27.5 Å². The molecule has 0 atom stereocenters. The van der Waals surface area contributed by atoms with Crippen LogP contribution >= 0.6 is 0 Å². The third-order valence-corrected chi connectivity index (χ3v) is 5.81. The molecule has 2 aromatic carbocycles. The first-order valence-electron chi connectivity index (χ1n) is 8.67. The molecule has 2 aromatic rings. The number of sulfonamides is 1. The van der Waals surface area contributed by atoms with Crippen LogP contribution in [-0.4, -0.2) is 50.9 Å². The van der Waals surface area contributed by atoms with Crippen molar-refractivity contribution in [2.75, 3.05) is 25.5 Å². The summed E-state index contributed by atoms with van der Waals surface area (Å²) in [5, 5.41) is 4.09. The van der Waals surface area contributed by atoms with Crippen LogP contribution in [-0.2, 0) is 14.8 Å². The number of nitrogens with one attached hydrogen (secondary N) is 2. The Morgan fingerprint density at radius 2 is 1.63 bits per heavy atom. The molecule has 0 saturated carbocycles. The Morgan fingerprint density at radius 3 is 2.23 bits per heavy atom. The van der Waals surface area contributed by atoms with Gasteiger partial charge in [0.15, 0.2) is 0 Å². The number of alkyl halides is 3. The van der Waals surface area contributed by atoms with Crippen LogP contribution in [0.25, 0.3) is 0 Å². The van der Waals surface area contributed by atoms with Crippen LogP contribution in [0.4, 0.5) is 18.9 Å². The molecule has 0 spiro atoms. The van der Waals surface area contributed by atoms with E-state index in [9.17, 15) is 31.2 Å². The molecule has 0 bridgehead atoms. The van der Waals surface area contributed by atoms with Gasteiger partial charge in [-0.15, -0.1) is 0 Å². The number of nitrogens with zero attached hydrogens (tertiary/aromatic N) is 1. The van der Waals surface area contributed by atoms with Crippen LogP contribution in [0, 0.1) is 6.92 Å². The monoisotopic (exact) mass is 443 g/mol. The summed E-state index contributed by atoms with van der Waals surface area (Å²) in [6.45, 7) is -0.282. The van der Waals surface area contributed by atoms with Crippen molar-refractivity contribution in [3.63, 3.8) is 0 Å². The van der Waals surface area contributed by atoms with Crippen molar-refractivity contribution in [2.45, 2.75) is 18.0 Å². The molecule has 0 aliphatic heterocycles. The van der Waals surface area contributed by atoms with Crippen molar-refractivity contribution in [2.24, 2.45) is 0 Å². The SMILES string of the molecule is Cc1ccc(S(=O)(=O)N(C)CC(=O)Nc2ccccc2C(=O)NCC(F)(F)F)cc1. The van der Waals surface area contributed by atoms with Crippen LogP contribution in [0.1, 0.15) is 15.9 Å². The fraction of sp³-hybridized carbons (Fsp3) is 0.263. The third kappa shape index (κ3) is 6.29. The minimum absolute atomic E-state index is 0.00956. The van der Waals surface area contributed by atoms with Crippen molar-refractivity contribution in [1.29, 1.82) is 0 Å². The largest absolute Gasteiger partial charge is 0.405 e. The number of likely N-dealkylation sites (N-methyl/N-ethyl adjacent to an activating group) is 1. The maximum atomic E-state index is 12.6. The van der Waals surface area contributed by atoms with Crippen molar-refractivity contribution in [3.8, 4) is 0 Å². The Morgan fingerprint density at radius 1 is 1.03 bits per heavy atom. The lowest BCUT2D eigenvalue weighted by Crippen LogP contribution is -2.36. The second-order valence-corrected chi connectivity index (χ2v) is 8.51. The molecular formula is C19H20F3N3O4S. The van der Waals surface area contributed by atoms with E-state index in [1.165, 1.54) is 43.4 Å². The number of rotatable bonds is 7. The van der Waals surface area contributed by atoms with Gasteiger partial charge in [0.25, 0.3) is 5.91 Å². The molecule has 162 valence electrons. The fourth-order valence-corrected chi connectivity index (χ4v) is 3.56. The predicted octanol–water partition coefficient (Wildman–Crippen LogP) is 2.55. The summed E-state index contributed by atoms with van der Waals surface area (Å²) >= 11 is 0. The summed E-state index contributed by atoms with van der Waals surface area (Å²) in [5.74, 6) is -1.78. The normalized spacial score (nSPS) is 11.9. The Balaban J connectivity index is 2.09. The van der Waals surface area contributed by atoms with E-state index in [0.717, 1.165) is 9.87 Å². The highest BCUT2D eigenvalue weighted by molar-refractivity contribution is 7.89. The third-order valence-electron chi connectivity index (χ3n) is 3.99. The van der Waals surface area contributed by atoms with Gasteiger partial charge in [-0.2, -0.15) is 17.5 Å². The van der Waals surface area contributed by atoms with E-state index in [4.69, 9.17) is 0 Å². The Labute approximate surface area is 171 Å². The highest BCUT2D eigenvalue weighted by Gasteiger charge is 2.28. The first-order valence-corrected chi connectivity index (χ1v) is 10.1. The second-order valence-electron chi connectivity index (χ2n) is 6.47.